The maximum absolute atomic E-state index is 13.2. The predicted molar refractivity (Wildman–Crippen MR) is 121 cm³/mol. The topological polar surface area (TPSA) is 82.5 Å². The van der Waals surface area contributed by atoms with Gasteiger partial charge in [-0.15, -0.1) is 0 Å². The minimum atomic E-state index is -0.0176. The fraction of sp³-hybridized carbons (Fsp3) is 0.640. The van der Waals surface area contributed by atoms with Crippen molar-refractivity contribution in [3.63, 3.8) is 0 Å². The second kappa shape index (κ2) is 9.71. The highest BCUT2D eigenvalue weighted by molar-refractivity contribution is 5.93. The van der Waals surface area contributed by atoms with Crippen LogP contribution in [0.5, 0.6) is 0 Å². The summed E-state index contributed by atoms with van der Waals surface area (Å²) in [5.41, 5.74) is 1.95. The number of benzene rings is 1. The van der Waals surface area contributed by atoms with E-state index in [9.17, 15) is 9.59 Å². The van der Waals surface area contributed by atoms with Gasteiger partial charge in [0.25, 0.3) is 5.91 Å². The van der Waals surface area contributed by atoms with Crippen molar-refractivity contribution in [2.24, 2.45) is 11.8 Å². The van der Waals surface area contributed by atoms with Gasteiger partial charge in [-0.05, 0) is 57.4 Å². The molecule has 2 aromatic rings. The molecule has 1 aliphatic carbocycles. The maximum Gasteiger partial charge on any atom is 0.250 e. The fourth-order valence-electron chi connectivity index (χ4n) is 5.47. The zero-order valence-corrected chi connectivity index (χ0v) is 18.6. The summed E-state index contributed by atoms with van der Waals surface area (Å²) in [6.45, 7) is 2.67. The molecule has 0 radical (unpaired) electrons. The van der Waals surface area contributed by atoms with Crippen LogP contribution in [0.3, 0.4) is 0 Å². The first kappa shape index (κ1) is 21.6. The van der Waals surface area contributed by atoms with E-state index >= 15 is 0 Å². The predicted octanol–water partition coefficient (Wildman–Crippen LogP) is 3.67. The first-order valence-electron chi connectivity index (χ1n) is 12.2. The van der Waals surface area contributed by atoms with Gasteiger partial charge in [-0.1, -0.05) is 18.2 Å². The molecule has 0 spiro atoms. The molecule has 2 saturated heterocycles. The van der Waals surface area contributed by atoms with Gasteiger partial charge in [0.1, 0.15) is 0 Å². The molecule has 7 heteroatoms. The van der Waals surface area contributed by atoms with Crippen LogP contribution in [0.2, 0.25) is 0 Å². The number of carbonyl (C=O) groups is 2. The minimum absolute atomic E-state index is 0.0176. The summed E-state index contributed by atoms with van der Waals surface area (Å²) in [5, 5.41) is 9.24. The van der Waals surface area contributed by atoms with Crippen LogP contribution in [0.25, 0.3) is 10.9 Å². The Morgan fingerprint density at radius 3 is 2.16 bits per heavy atom. The van der Waals surface area contributed by atoms with Gasteiger partial charge in [0, 0.05) is 55.6 Å². The van der Waals surface area contributed by atoms with E-state index in [1.54, 1.807) is 4.68 Å². The van der Waals surface area contributed by atoms with Crippen LogP contribution in [0.4, 0.5) is 0 Å². The smallest absolute Gasteiger partial charge is 0.250 e. The van der Waals surface area contributed by atoms with Crippen molar-refractivity contribution < 1.29 is 19.1 Å². The van der Waals surface area contributed by atoms with Crippen LogP contribution < -0.4 is 5.32 Å². The van der Waals surface area contributed by atoms with E-state index < -0.39 is 0 Å². The number of amides is 1. The Hall–Kier alpha value is -2.25. The Bertz CT molecular complexity index is 951. The van der Waals surface area contributed by atoms with Crippen molar-refractivity contribution in [2.45, 2.75) is 63.3 Å². The highest BCUT2D eigenvalue weighted by Crippen LogP contribution is 2.36. The molecule has 1 N–H and O–H groups in total. The lowest BCUT2D eigenvalue weighted by Crippen LogP contribution is -2.42. The third kappa shape index (κ3) is 4.46. The molecule has 32 heavy (non-hydrogen) atoms. The molecule has 3 aliphatic rings. The van der Waals surface area contributed by atoms with Crippen molar-refractivity contribution in [2.75, 3.05) is 26.4 Å². The van der Waals surface area contributed by atoms with Crippen LogP contribution in [-0.4, -0.2) is 54.1 Å². The summed E-state index contributed by atoms with van der Waals surface area (Å²) in [7, 11) is 0. The van der Waals surface area contributed by atoms with Gasteiger partial charge in [0.2, 0.25) is 5.91 Å². The van der Waals surface area contributed by atoms with Gasteiger partial charge in [0.15, 0.2) is 0 Å². The lowest BCUT2D eigenvalue weighted by atomic mass is 9.83. The molecule has 1 amide bonds. The van der Waals surface area contributed by atoms with E-state index in [1.807, 2.05) is 18.2 Å². The number of fused-ring (bicyclic) bond motifs is 1. The number of hydrogen-bond donors (Lipinski definition) is 1. The molecular formula is C25H33N3O4. The first-order valence-corrected chi connectivity index (χ1v) is 12.2. The van der Waals surface area contributed by atoms with Gasteiger partial charge in [-0.25, -0.2) is 0 Å². The van der Waals surface area contributed by atoms with Crippen LogP contribution in [0.1, 0.15) is 67.8 Å². The summed E-state index contributed by atoms with van der Waals surface area (Å²) in [5.74, 6) is 0.676. The summed E-state index contributed by atoms with van der Waals surface area (Å²) in [6.07, 6.45) is 7.04. The molecule has 3 heterocycles. The van der Waals surface area contributed by atoms with Gasteiger partial charge in [0.05, 0.1) is 11.2 Å². The van der Waals surface area contributed by atoms with E-state index in [2.05, 4.69) is 11.4 Å². The number of nitrogens with one attached hydrogen (secondary N) is 1. The average molecular weight is 440 g/mol. The molecule has 0 bridgehead atoms. The highest BCUT2D eigenvalue weighted by Gasteiger charge is 2.31. The SMILES string of the molecule is O=C(NC1CCC(c2nn(C(=O)C3CCOCC3)c3ccccc23)CC1)C1CCOCC1. The molecule has 1 aromatic heterocycles. The summed E-state index contributed by atoms with van der Waals surface area (Å²) in [6, 6.07) is 8.33. The van der Waals surface area contributed by atoms with Crippen molar-refractivity contribution in [1.82, 2.24) is 15.1 Å². The maximum atomic E-state index is 13.2. The molecular weight excluding hydrogens is 406 g/mol. The lowest BCUT2D eigenvalue weighted by Gasteiger charge is -2.30. The molecule has 2 aliphatic heterocycles. The molecule has 3 fully saturated rings. The Balaban J connectivity index is 1.27. The third-order valence-corrected chi connectivity index (χ3v) is 7.45. The van der Waals surface area contributed by atoms with E-state index in [1.165, 1.54) is 0 Å². The van der Waals surface area contributed by atoms with Crippen molar-refractivity contribution in [3.8, 4) is 0 Å². The first-order chi connectivity index (χ1) is 15.7. The number of para-hydroxylation sites is 1. The van der Waals surface area contributed by atoms with E-state index in [-0.39, 0.29) is 29.7 Å². The Labute approximate surface area is 188 Å². The molecule has 7 nitrogen and oxygen atoms in total. The van der Waals surface area contributed by atoms with Gasteiger partial charge >= 0.3 is 0 Å². The number of rotatable bonds is 4. The zero-order chi connectivity index (χ0) is 21.9. The standard InChI is InChI=1S/C25H33N3O4/c29-24(18-9-13-31-14-10-18)26-20-7-5-17(6-8-20)23-21-3-1-2-4-22(21)28(27-23)25(30)19-11-15-32-16-12-19/h1-4,17-20H,5-16H2,(H,26,29). The van der Waals surface area contributed by atoms with Crippen molar-refractivity contribution >= 4 is 22.7 Å². The fourth-order valence-corrected chi connectivity index (χ4v) is 5.47. The number of aromatic nitrogens is 2. The Kier molecular flexibility index (Phi) is 6.55. The van der Waals surface area contributed by atoms with E-state index in [0.29, 0.717) is 32.3 Å². The highest BCUT2D eigenvalue weighted by atomic mass is 16.5. The quantitative estimate of drug-likeness (QED) is 0.786. The van der Waals surface area contributed by atoms with Crippen LogP contribution in [0, 0.1) is 11.8 Å². The molecule has 0 atom stereocenters. The molecule has 1 saturated carbocycles. The number of ether oxygens (including phenoxy) is 2. The molecule has 1 aromatic carbocycles. The van der Waals surface area contributed by atoms with Gasteiger partial charge < -0.3 is 14.8 Å². The van der Waals surface area contributed by atoms with Crippen LogP contribution >= 0.6 is 0 Å². The third-order valence-electron chi connectivity index (χ3n) is 7.45. The summed E-state index contributed by atoms with van der Waals surface area (Å²) in [4.78, 5) is 25.8. The van der Waals surface area contributed by atoms with Crippen molar-refractivity contribution in [3.05, 3.63) is 30.0 Å². The van der Waals surface area contributed by atoms with Crippen LogP contribution in [0.15, 0.2) is 24.3 Å². The second-order valence-corrected chi connectivity index (χ2v) is 9.48. The van der Waals surface area contributed by atoms with Gasteiger partial charge in [-0.2, -0.15) is 9.78 Å². The Morgan fingerprint density at radius 2 is 1.47 bits per heavy atom. The molecule has 0 unspecified atom stereocenters. The minimum Gasteiger partial charge on any atom is -0.381 e. The van der Waals surface area contributed by atoms with Gasteiger partial charge in [-0.3, -0.25) is 9.59 Å². The normalized spacial score (nSPS) is 25.6. The summed E-state index contributed by atoms with van der Waals surface area (Å²) < 4.78 is 12.5. The van der Waals surface area contributed by atoms with E-state index in [4.69, 9.17) is 14.6 Å². The lowest BCUT2D eigenvalue weighted by molar-refractivity contribution is -0.128. The number of nitrogens with zero attached hydrogens (tertiary/aromatic N) is 2. The van der Waals surface area contributed by atoms with E-state index in [0.717, 1.165) is 68.0 Å². The Morgan fingerprint density at radius 1 is 0.844 bits per heavy atom. The number of carbonyl (C=O) groups excluding carboxylic acids is 2. The molecule has 5 rings (SSSR count). The van der Waals surface area contributed by atoms with Crippen molar-refractivity contribution in [1.29, 1.82) is 0 Å². The average Bonchev–Trinajstić information content (AvgIpc) is 3.25. The monoisotopic (exact) mass is 439 g/mol. The summed E-state index contributed by atoms with van der Waals surface area (Å²) >= 11 is 0. The molecule has 172 valence electrons. The largest absolute Gasteiger partial charge is 0.381 e. The number of hydrogen-bond acceptors (Lipinski definition) is 5. The second-order valence-electron chi connectivity index (χ2n) is 9.48. The van der Waals surface area contributed by atoms with Crippen LogP contribution in [-0.2, 0) is 14.3 Å². The zero-order valence-electron chi connectivity index (χ0n) is 18.6.